The Morgan fingerprint density at radius 2 is 0.630 bits per heavy atom. The smallest absolute Gasteiger partial charge is 0.368 e. The van der Waals surface area contributed by atoms with E-state index in [-0.39, 0.29) is 72.0 Å². The molecule has 18 nitrogen and oxygen atoms in total. The Balaban J connectivity index is 1.15. The summed E-state index contributed by atoms with van der Waals surface area (Å²) in [5, 5.41) is 0. The van der Waals surface area contributed by atoms with Crippen LogP contribution in [-0.2, 0) is 136 Å². The van der Waals surface area contributed by atoms with E-state index in [2.05, 4.69) is 0 Å². The summed E-state index contributed by atoms with van der Waals surface area (Å²) < 4.78 is 148. The molecule has 21 heteroatoms. The number of phosphoric acid groups is 2. The van der Waals surface area contributed by atoms with Gasteiger partial charge in [-0.05, 0) is 64.8 Å². The van der Waals surface area contributed by atoms with E-state index in [1.54, 1.807) is 62.4 Å². The molecular weight excluding hydrogens is 1230 g/mol. The second-order valence-electron chi connectivity index (χ2n) is 22.4. The molecule has 0 radical (unpaired) electrons. The Kier molecular flexibility index (Phi) is 26.0. The fourth-order valence-electron chi connectivity index (χ4n) is 10.2. The first-order valence-corrected chi connectivity index (χ1v) is 35.2. The molecule has 0 bridgehead atoms. The van der Waals surface area contributed by atoms with Crippen molar-refractivity contribution >= 4 is 23.2 Å². The van der Waals surface area contributed by atoms with Crippen LogP contribution in [0.25, 0.3) is 0 Å². The first-order valence-electron chi connectivity index (χ1n) is 30.6. The molecule has 10 rings (SSSR count). The Morgan fingerprint density at radius 3 is 0.957 bits per heavy atom. The van der Waals surface area contributed by atoms with Crippen LogP contribution in [0.2, 0.25) is 0 Å². The average Bonchev–Trinajstić information content (AvgIpc) is 0.937. The van der Waals surface area contributed by atoms with Gasteiger partial charge >= 0.3 is 23.2 Å². The predicted molar refractivity (Wildman–Crippen MR) is 345 cm³/mol. The molecule has 1 saturated heterocycles. The van der Waals surface area contributed by atoms with E-state index in [1.807, 2.05) is 194 Å². The van der Waals surface area contributed by atoms with E-state index < -0.39 is 85.3 Å². The molecule has 1 aliphatic heterocycles. The number of hydrogen-bond donors (Lipinski definition) is 0. The summed E-state index contributed by atoms with van der Waals surface area (Å²) in [6.07, 6.45) is -10.6. The predicted octanol–water partition coefficient (Wildman–Crippen LogP) is 15.9. The normalized spacial score (nSPS) is 20.6. The molecule has 2 fully saturated rings. The van der Waals surface area contributed by atoms with Crippen LogP contribution in [0.5, 0.6) is 0 Å². The molecule has 8 aromatic rings. The monoisotopic (exact) mass is 1310 g/mol. The molecule has 1 saturated carbocycles. The van der Waals surface area contributed by atoms with Crippen LogP contribution in [0.3, 0.4) is 0 Å². The van der Waals surface area contributed by atoms with E-state index >= 15 is 13.7 Å². The molecule has 8 atom stereocenters. The van der Waals surface area contributed by atoms with Gasteiger partial charge in [0.1, 0.15) is 50.2 Å². The lowest BCUT2D eigenvalue weighted by atomic mass is 9.84. The Morgan fingerprint density at radius 1 is 0.348 bits per heavy atom. The first kappa shape index (κ1) is 68.7. The zero-order valence-electron chi connectivity index (χ0n) is 51.5. The molecule has 1 aliphatic carbocycles. The van der Waals surface area contributed by atoms with Crippen LogP contribution in [0.1, 0.15) is 64.8 Å². The third-order valence-electron chi connectivity index (χ3n) is 14.9. The van der Waals surface area contributed by atoms with Crippen LogP contribution in [0.15, 0.2) is 243 Å². The lowest BCUT2D eigenvalue weighted by Crippen LogP contribution is -2.67. The average molecular weight is 1310 g/mol. The minimum absolute atomic E-state index is 0.0633. The van der Waals surface area contributed by atoms with Crippen molar-refractivity contribution < 1.29 is 83.0 Å². The fourth-order valence-corrected chi connectivity index (χ4v) is 14.8. The van der Waals surface area contributed by atoms with Gasteiger partial charge in [-0.2, -0.15) is 0 Å². The van der Waals surface area contributed by atoms with Crippen molar-refractivity contribution in [1.82, 2.24) is 0 Å². The first-order chi connectivity index (χ1) is 44.9. The third-order valence-corrected chi connectivity index (χ3v) is 19.6. The Labute approximate surface area is 538 Å². The maximum absolute atomic E-state index is 16.4. The van der Waals surface area contributed by atoms with Crippen molar-refractivity contribution in [3.8, 4) is 0 Å². The van der Waals surface area contributed by atoms with Crippen molar-refractivity contribution in [2.75, 3.05) is 26.4 Å². The Hall–Kier alpha value is -6.15. The lowest BCUT2D eigenvalue weighted by molar-refractivity contribution is -0.274. The van der Waals surface area contributed by atoms with Gasteiger partial charge in [0.2, 0.25) is 0 Å². The van der Waals surface area contributed by atoms with E-state index in [4.69, 9.17) is 69.3 Å². The standard InChI is InChI=1S/C71H79O18P3/c1-71(2)80-53-64(86-71)43-44-90(72,81-48-59-33-17-6-18-34-59)87-68-66(78-54-75-45-56-27-11-3-12-28-56)65(77-47-58-31-15-5-16-32-58)69(88-91(73,82-49-60-35-19-7-20-36-60)83-50-61-37-21-8-22-38-61)70(67(68)79-55-76-46-57-29-13-4-14-30-57)89-92(74,84-51-62-39-23-9-24-40-62)85-52-63-41-25-10-26-42-63/h3-42,64-70H,43-55H2,1-2H3/t64-,65-,66+,67-,68+,69+,70+,90?/m0/s1. The van der Waals surface area contributed by atoms with E-state index in [0.29, 0.717) is 33.4 Å². The van der Waals surface area contributed by atoms with Crippen molar-refractivity contribution in [2.24, 2.45) is 0 Å². The maximum atomic E-state index is 16.4. The summed E-state index contributed by atoms with van der Waals surface area (Å²) in [6, 6.07) is 73.7. The number of rotatable bonds is 37. The number of phosphoric ester groups is 2. The molecule has 0 amide bonds. The largest absolute Gasteiger partial charge is 0.475 e. The molecule has 1 heterocycles. The van der Waals surface area contributed by atoms with Crippen molar-refractivity contribution in [3.05, 3.63) is 287 Å². The van der Waals surface area contributed by atoms with Crippen LogP contribution in [-0.4, -0.2) is 74.9 Å². The van der Waals surface area contributed by atoms with Crippen LogP contribution >= 0.6 is 23.2 Å². The molecule has 0 aromatic heterocycles. The number of hydrogen-bond acceptors (Lipinski definition) is 18. The third kappa shape index (κ3) is 21.7. The summed E-state index contributed by atoms with van der Waals surface area (Å²) in [6.45, 7) is 1.63. The quantitative estimate of drug-likeness (QED) is 0.0203. The van der Waals surface area contributed by atoms with Gasteiger partial charge in [-0.15, -0.1) is 0 Å². The molecular formula is C71H79O18P3. The van der Waals surface area contributed by atoms with Gasteiger partial charge < -0.3 is 37.7 Å². The van der Waals surface area contributed by atoms with Crippen LogP contribution < -0.4 is 0 Å². The highest BCUT2D eigenvalue weighted by Gasteiger charge is 2.61. The van der Waals surface area contributed by atoms with Crippen molar-refractivity contribution in [1.29, 1.82) is 0 Å². The van der Waals surface area contributed by atoms with E-state index in [1.165, 1.54) is 0 Å². The molecule has 2 aliphatic rings. The summed E-state index contributed by atoms with van der Waals surface area (Å²) in [5.74, 6) is -0.918. The van der Waals surface area contributed by atoms with Gasteiger partial charge in [0.25, 0.3) is 0 Å². The minimum Gasteiger partial charge on any atom is -0.368 e. The summed E-state index contributed by atoms with van der Waals surface area (Å²) in [7, 11) is -14.5. The highest BCUT2D eigenvalue weighted by Crippen LogP contribution is 2.60. The van der Waals surface area contributed by atoms with Gasteiger partial charge in [-0.1, -0.05) is 243 Å². The second-order valence-corrected chi connectivity index (χ2v) is 27.8. The molecule has 0 N–H and O–H groups in total. The highest BCUT2D eigenvalue weighted by atomic mass is 31.2. The SMILES string of the molecule is CC1(C)OC[C@H](CCP(=O)(OCc2ccccc2)O[C@@H]2[C@H](OCOCc3ccccc3)[C@H](OCc3ccccc3)[C@@H](OP(=O)(OCc3ccccc3)OCc3ccccc3)[C@H](OP(=O)(OCc3ccccc3)OCc3ccccc3)[C@H]2OCOCc2ccccc2)O1. The van der Waals surface area contributed by atoms with Crippen molar-refractivity contribution in [2.45, 2.75) is 122 Å². The van der Waals surface area contributed by atoms with Gasteiger partial charge in [0.15, 0.2) is 5.79 Å². The second kappa shape index (κ2) is 34.8. The fraction of sp³-hybridized carbons (Fsp3) is 0.324. The number of ether oxygens (including phenoxy) is 7. The van der Waals surface area contributed by atoms with Gasteiger partial charge in [-0.3, -0.25) is 36.2 Å². The molecule has 92 heavy (non-hydrogen) atoms. The Bertz CT molecular complexity index is 3440. The van der Waals surface area contributed by atoms with Crippen molar-refractivity contribution in [3.63, 3.8) is 0 Å². The minimum atomic E-state index is -5.01. The van der Waals surface area contributed by atoms with E-state index in [0.717, 1.165) is 11.1 Å². The molecule has 486 valence electrons. The van der Waals surface area contributed by atoms with Gasteiger partial charge in [-0.25, -0.2) is 9.13 Å². The number of benzene rings is 8. The molecule has 1 unspecified atom stereocenters. The van der Waals surface area contributed by atoms with Gasteiger partial charge in [0.05, 0.1) is 71.7 Å². The van der Waals surface area contributed by atoms with E-state index in [9.17, 15) is 0 Å². The molecule has 8 aromatic carbocycles. The molecule has 0 spiro atoms. The summed E-state index contributed by atoms with van der Waals surface area (Å²) in [5.41, 5.74) is 5.55. The zero-order valence-corrected chi connectivity index (χ0v) is 54.2. The van der Waals surface area contributed by atoms with Crippen LogP contribution in [0, 0.1) is 0 Å². The zero-order chi connectivity index (χ0) is 63.7. The highest BCUT2D eigenvalue weighted by molar-refractivity contribution is 7.53. The summed E-state index contributed by atoms with van der Waals surface area (Å²) in [4.78, 5) is 0. The maximum Gasteiger partial charge on any atom is 0.475 e. The summed E-state index contributed by atoms with van der Waals surface area (Å²) >= 11 is 0. The van der Waals surface area contributed by atoms with Gasteiger partial charge in [0, 0.05) is 0 Å². The topological polar surface area (TPSA) is 190 Å². The lowest BCUT2D eigenvalue weighted by Gasteiger charge is -2.50. The van der Waals surface area contributed by atoms with Crippen LogP contribution in [0.4, 0.5) is 0 Å².